The van der Waals surface area contributed by atoms with Crippen LogP contribution in [0.15, 0.2) is 71.3 Å². The van der Waals surface area contributed by atoms with Gasteiger partial charge in [-0.3, -0.25) is 0 Å². The third-order valence-electron chi connectivity index (χ3n) is 7.91. The van der Waals surface area contributed by atoms with E-state index in [0.29, 0.717) is 12.3 Å². The second kappa shape index (κ2) is 14.9. The fourth-order valence-corrected chi connectivity index (χ4v) is 5.10. The summed E-state index contributed by atoms with van der Waals surface area (Å²) < 4.78 is 12.4. The molecule has 0 aliphatic carbocycles. The standard InChI is InChI=1S/C36H49NO3/c1-26(2)14-11-15-27(3)16-12-17-28(4)18-13-22-36(7)23-21-32-24-33(29(5)30(6)34(32)40-36)39-35(38)37-25-31-19-9-8-10-20-31/h8-10,14,16,18-20,24H,11-13,15,17,21-23,25H2,1-7H3,(H,37,38)/t36-/m1/s1. The Hall–Kier alpha value is -3.27. The Kier molecular flexibility index (Phi) is 11.7. The van der Waals surface area contributed by atoms with Crippen molar-refractivity contribution in [2.45, 2.75) is 112 Å². The van der Waals surface area contributed by atoms with Crippen LogP contribution in [0.2, 0.25) is 0 Å². The Balaban J connectivity index is 1.51. The number of allylic oxidation sites excluding steroid dienone is 6. The normalized spacial score (nSPS) is 17.1. The molecule has 1 atom stereocenters. The van der Waals surface area contributed by atoms with Gasteiger partial charge in [0.15, 0.2) is 0 Å². The number of hydrogen-bond acceptors (Lipinski definition) is 3. The Morgan fingerprint density at radius 1 is 0.950 bits per heavy atom. The van der Waals surface area contributed by atoms with E-state index in [2.05, 4.69) is 65.1 Å². The summed E-state index contributed by atoms with van der Waals surface area (Å²) in [5, 5.41) is 2.85. The van der Waals surface area contributed by atoms with Gasteiger partial charge in [0.25, 0.3) is 0 Å². The number of carbonyl (C=O) groups is 1. The maximum Gasteiger partial charge on any atom is 0.412 e. The van der Waals surface area contributed by atoms with E-state index < -0.39 is 6.09 Å². The molecule has 0 aromatic heterocycles. The van der Waals surface area contributed by atoms with Gasteiger partial charge in [0, 0.05) is 6.54 Å². The smallest absolute Gasteiger partial charge is 0.412 e. The predicted octanol–water partition coefficient (Wildman–Crippen LogP) is 9.88. The summed E-state index contributed by atoms with van der Waals surface area (Å²) in [4.78, 5) is 12.5. The van der Waals surface area contributed by atoms with Crippen LogP contribution in [0.3, 0.4) is 0 Å². The number of rotatable bonds is 12. The average Bonchev–Trinajstić information content (AvgIpc) is 2.91. The molecule has 0 bridgehead atoms. The summed E-state index contributed by atoms with van der Waals surface area (Å²) in [6.07, 6.45) is 15.0. The van der Waals surface area contributed by atoms with E-state index >= 15 is 0 Å². The second-order valence-corrected chi connectivity index (χ2v) is 11.9. The van der Waals surface area contributed by atoms with Crippen molar-refractivity contribution in [2.75, 3.05) is 0 Å². The molecule has 0 spiro atoms. The van der Waals surface area contributed by atoms with Crippen molar-refractivity contribution in [1.29, 1.82) is 0 Å². The maximum atomic E-state index is 12.5. The highest BCUT2D eigenvalue weighted by molar-refractivity contribution is 5.71. The van der Waals surface area contributed by atoms with Crippen LogP contribution in [0.1, 0.15) is 102 Å². The summed E-state index contributed by atoms with van der Waals surface area (Å²) in [5.41, 5.74) is 8.28. The molecule has 1 aliphatic heterocycles. The van der Waals surface area contributed by atoms with Crippen LogP contribution in [0.25, 0.3) is 0 Å². The Morgan fingerprint density at radius 3 is 2.27 bits per heavy atom. The molecule has 0 fully saturated rings. The third kappa shape index (κ3) is 9.73. The topological polar surface area (TPSA) is 47.6 Å². The number of ether oxygens (including phenoxy) is 2. The Labute approximate surface area is 242 Å². The number of carbonyl (C=O) groups excluding carboxylic acids is 1. The van der Waals surface area contributed by atoms with Crippen molar-refractivity contribution >= 4 is 6.09 Å². The lowest BCUT2D eigenvalue weighted by molar-refractivity contribution is 0.0560. The minimum Gasteiger partial charge on any atom is -0.487 e. The largest absolute Gasteiger partial charge is 0.487 e. The zero-order valence-corrected chi connectivity index (χ0v) is 25.8. The number of fused-ring (bicyclic) bond motifs is 1. The van der Waals surface area contributed by atoms with Crippen LogP contribution in [-0.4, -0.2) is 11.7 Å². The SMILES string of the molecule is CC(C)=CCCC(C)=CCCC(C)=CCC[C@]1(C)CCc2cc(OC(=O)NCc3ccccc3)c(C)c(C)c2O1. The van der Waals surface area contributed by atoms with Crippen LogP contribution in [0.5, 0.6) is 11.5 Å². The molecular weight excluding hydrogens is 494 g/mol. The van der Waals surface area contributed by atoms with Crippen molar-refractivity contribution in [2.24, 2.45) is 0 Å². The van der Waals surface area contributed by atoms with Gasteiger partial charge < -0.3 is 14.8 Å². The molecule has 4 heteroatoms. The van der Waals surface area contributed by atoms with Gasteiger partial charge in [-0.25, -0.2) is 4.79 Å². The van der Waals surface area contributed by atoms with Crippen molar-refractivity contribution < 1.29 is 14.3 Å². The van der Waals surface area contributed by atoms with E-state index in [1.165, 1.54) is 16.7 Å². The highest BCUT2D eigenvalue weighted by Crippen LogP contribution is 2.42. The van der Waals surface area contributed by atoms with E-state index in [4.69, 9.17) is 9.47 Å². The van der Waals surface area contributed by atoms with E-state index in [0.717, 1.165) is 79.4 Å². The van der Waals surface area contributed by atoms with Gasteiger partial charge >= 0.3 is 6.09 Å². The quantitative estimate of drug-likeness (QED) is 0.271. The van der Waals surface area contributed by atoms with Crippen LogP contribution in [-0.2, 0) is 13.0 Å². The first-order valence-corrected chi connectivity index (χ1v) is 14.8. The summed E-state index contributed by atoms with van der Waals surface area (Å²) in [6.45, 7) is 15.5. The van der Waals surface area contributed by atoms with Gasteiger partial charge in [0.2, 0.25) is 0 Å². The molecule has 1 heterocycles. The van der Waals surface area contributed by atoms with Gasteiger partial charge in [0.05, 0.1) is 0 Å². The molecule has 0 radical (unpaired) electrons. The lowest BCUT2D eigenvalue weighted by Gasteiger charge is -2.37. The first-order chi connectivity index (χ1) is 19.1. The zero-order chi connectivity index (χ0) is 29.1. The van der Waals surface area contributed by atoms with Crippen molar-refractivity contribution in [3.8, 4) is 11.5 Å². The number of nitrogens with one attached hydrogen (secondary N) is 1. The van der Waals surface area contributed by atoms with E-state index in [1.54, 1.807) is 0 Å². The molecule has 0 saturated carbocycles. The molecule has 216 valence electrons. The first kappa shape index (κ1) is 31.3. The highest BCUT2D eigenvalue weighted by atomic mass is 16.6. The fourth-order valence-electron chi connectivity index (χ4n) is 5.10. The van der Waals surface area contributed by atoms with Crippen LogP contribution >= 0.6 is 0 Å². The molecule has 3 rings (SSSR count). The number of hydrogen-bond donors (Lipinski definition) is 1. The van der Waals surface area contributed by atoms with Crippen LogP contribution < -0.4 is 14.8 Å². The summed E-state index contributed by atoms with van der Waals surface area (Å²) >= 11 is 0. The molecular formula is C36H49NO3. The van der Waals surface area contributed by atoms with E-state index in [1.807, 2.05) is 43.3 Å². The predicted molar refractivity (Wildman–Crippen MR) is 167 cm³/mol. The minimum absolute atomic E-state index is 0.197. The maximum absolute atomic E-state index is 12.5. The lowest BCUT2D eigenvalue weighted by atomic mass is 9.86. The molecule has 1 N–H and O–H groups in total. The molecule has 0 saturated heterocycles. The number of aryl methyl sites for hydroxylation is 1. The lowest BCUT2D eigenvalue weighted by Crippen LogP contribution is -2.36. The van der Waals surface area contributed by atoms with Crippen LogP contribution in [0.4, 0.5) is 4.79 Å². The van der Waals surface area contributed by atoms with Crippen LogP contribution in [0, 0.1) is 13.8 Å². The molecule has 40 heavy (non-hydrogen) atoms. The van der Waals surface area contributed by atoms with Gasteiger partial charge in [-0.05, 0) is 128 Å². The second-order valence-electron chi connectivity index (χ2n) is 11.9. The van der Waals surface area contributed by atoms with Crippen molar-refractivity contribution in [3.63, 3.8) is 0 Å². The molecule has 0 unspecified atom stereocenters. The van der Waals surface area contributed by atoms with E-state index in [-0.39, 0.29) is 5.60 Å². The summed E-state index contributed by atoms with van der Waals surface area (Å²) in [7, 11) is 0. The summed E-state index contributed by atoms with van der Waals surface area (Å²) in [6, 6.07) is 11.8. The molecule has 2 aromatic carbocycles. The van der Waals surface area contributed by atoms with Gasteiger partial charge in [0.1, 0.15) is 17.1 Å². The zero-order valence-electron chi connectivity index (χ0n) is 25.8. The molecule has 2 aromatic rings. The number of amides is 1. The van der Waals surface area contributed by atoms with Gasteiger partial charge in [-0.1, -0.05) is 65.3 Å². The molecule has 4 nitrogen and oxygen atoms in total. The average molecular weight is 544 g/mol. The number of benzene rings is 2. The van der Waals surface area contributed by atoms with Crippen molar-refractivity contribution in [1.82, 2.24) is 5.32 Å². The van der Waals surface area contributed by atoms with Gasteiger partial charge in [-0.2, -0.15) is 0 Å². The molecule has 1 aliphatic rings. The van der Waals surface area contributed by atoms with Crippen molar-refractivity contribution in [3.05, 3.63) is 93.6 Å². The Morgan fingerprint density at radius 2 is 1.60 bits per heavy atom. The van der Waals surface area contributed by atoms with Gasteiger partial charge in [-0.15, -0.1) is 0 Å². The first-order valence-electron chi connectivity index (χ1n) is 14.8. The highest BCUT2D eigenvalue weighted by Gasteiger charge is 2.33. The van der Waals surface area contributed by atoms with E-state index in [9.17, 15) is 4.79 Å². The summed E-state index contributed by atoms with van der Waals surface area (Å²) in [5.74, 6) is 1.56. The third-order valence-corrected chi connectivity index (χ3v) is 7.91. The monoisotopic (exact) mass is 543 g/mol. The molecule has 1 amide bonds. The Bertz CT molecular complexity index is 1230. The minimum atomic E-state index is -0.440. The fraction of sp³-hybridized carbons (Fsp3) is 0.472.